The van der Waals surface area contributed by atoms with Crippen LogP contribution in [-0.2, 0) is 52.2 Å². The van der Waals surface area contributed by atoms with Crippen molar-refractivity contribution in [1.82, 2.24) is 5.32 Å². The zero-order valence-corrected chi connectivity index (χ0v) is 28.1. The molecule has 5 fully saturated rings. The van der Waals surface area contributed by atoms with E-state index in [0.717, 1.165) is 13.8 Å². The first-order valence-corrected chi connectivity index (χ1v) is 16.5. The lowest BCUT2D eigenvalue weighted by Crippen LogP contribution is -2.71. The van der Waals surface area contributed by atoms with E-state index in [2.05, 4.69) is 5.32 Å². The van der Waals surface area contributed by atoms with Crippen LogP contribution in [0.2, 0.25) is 0 Å². The fraction of sp³-hybridized carbons (Fsp3) is 0.931. The maximum atomic E-state index is 12.1. The topological polar surface area (TPSA) is 352 Å². The third-order valence-electron chi connectivity index (χ3n) is 9.63. The zero-order valence-electron chi connectivity index (χ0n) is 28.1. The number of carbonyl (C=O) groups is 2. The molecule has 0 spiro atoms. The first-order valence-electron chi connectivity index (χ1n) is 16.5. The molecule has 0 aliphatic carbocycles. The third kappa shape index (κ3) is 8.08. The summed E-state index contributed by atoms with van der Waals surface area (Å²) in [5.41, 5.74) is 0. The molecule has 0 unspecified atom stereocenters. The predicted molar refractivity (Wildman–Crippen MR) is 158 cm³/mol. The molecule has 5 aliphatic heterocycles. The van der Waals surface area contributed by atoms with Crippen molar-refractivity contribution in [2.75, 3.05) is 19.8 Å². The molecule has 23 heteroatoms. The maximum Gasteiger partial charge on any atom is 0.364 e. The molecule has 0 bridgehead atoms. The van der Waals surface area contributed by atoms with Crippen LogP contribution in [0.15, 0.2) is 0 Å². The first kappa shape index (κ1) is 41.3. The zero-order chi connectivity index (χ0) is 38.4. The highest BCUT2D eigenvalue weighted by molar-refractivity contribution is 5.75. The second-order valence-corrected chi connectivity index (χ2v) is 13.3. The van der Waals surface area contributed by atoms with E-state index in [1.54, 1.807) is 0 Å². The molecular weight excluding hydrogens is 714 g/mol. The standard InChI is InChI=1S/C29H47NO22/c1-7-20(16(37)18(39)26(45-7)50-21-10(5-32)46-24(41)17(38)15(21)36)49-27-19(40)23(13(34)9(4-31)47-27)51-25-12(30-8(2)33)14(35)22-11(48-25)6-44-29(3,52-22)28(42)43/h7,9-27,31-32,34-41H,4-6H2,1-3H3,(H,30,33)(H,42,43)/t7-,9+,10+,11+,12+,13-,14+,15+,16-,17+,18+,19+,20-,21+,22+,23-,24+,25-,26+,27+,29+/m0/s1. The molecule has 5 heterocycles. The van der Waals surface area contributed by atoms with E-state index >= 15 is 0 Å². The van der Waals surface area contributed by atoms with Crippen molar-refractivity contribution in [3.63, 3.8) is 0 Å². The van der Waals surface area contributed by atoms with Crippen LogP contribution in [0.4, 0.5) is 0 Å². The van der Waals surface area contributed by atoms with Gasteiger partial charge in [0.25, 0.3) is 5.79 Å². The molecule has 5 rings (SSSR count). The van der Waals surface area contributed by atoms with Crippen LogP contribution < -0.4 is 5.32 Å². The predicted octanol–water partition coefficient (Wildman–Crippen LogP) is -7.71. The summed E-state index contributed by atoms with van der Waals surface area (Å²) in [6.07, 6.45) is -31.3. The molecule has 5 aliphatic rings. The Hall–Kier alpha value is -1.82. The number of aliphatic hydroxyl groups excluding tert-OH is 10. The molecule has 300 valence electrons. The van der Waals surface area contributed by atoms with Crippen LogP contribution in [0.5, 0.6) is 0 Å². The van der Waals surface area contributed by atoms with Gasteiger partial charge in [-0.25, -0.2) is 4.79 Å². The van der Waals surface area contributed by atoms with Crippen LogP contribution in [-0.4, -0.2) is 216 Å². The Kier molecular flexibility index (Phi) is 13.1. The van der Waals surface area contributed by atoms with Crippen molar-refractivity contribution in [3.8, 4) is 0 Å². The number of hydrogen-bond donors (Lipinski definition) is 12. The summed E-state index contributed by atoms with van der Waals surface area (Å²) in [4.78, 5) is 23.8. The Morgan fingerprint density at radius 1 is 0.712 bits per heavy atom. The molecule has 12 N–H and O–H groups in total. The average Bonchev–Trinajstić information content (AvgIpc) is 3.09. The molecule has 0 radical (unpaired) electrons. The maximum absolute atomic E-state index is 12.1. The van der Waals surface area contributed by atoms with E-state index in [9.17, 15) is 65.8 Å². The van der Waals surface area contributed by atoms with Crippen molar-refractivity contribution in [1.29, 1.82) is 0 Å². The summed E-state index contributed by atoms with van der Waals surface area (Å²) < 4.78 is 50.2. The smallest absolute Gasteiger partial charge is 0.364 e. The molecule has 0 aromatic carbocycles. The summed E-state index contributed by atoms with van der Waals surface area (Å²) in [6.45, 7) is 1.54. The van der Waals surface area contributed by atoms with E-state index in [4.69, 9.17) is 42.6 Å². The summed E-state index contributed by atoms with van der Waals surface area (Å²) in [7, 11) is 0. The molecule has 0 aromatic rings. The van der Waals surface area contributed by atoms with Gasteiger partial charge in [-0.3, -0.25) is 4.79 Å². The number of rotatable bonds is 10. The third-order valence-corrected chi connectivity index (χ3v) is 9.63. The lowest BCUT2D eigenvalue weighted by Gasteiger charge is -2.51. The summed E-state index contributed by atoms with van der Waals surface area (Å²) >= 11 is 0. The van der Waals surface area contributed by atoms with Crippen LogP contribution in [0, 0.1) is 0 Å². The van der Waals surface area contributed by atoms with E-state index in [0.29, 0.717) is 0 Å². The molecule has 21 atom stereocenters. The summed E-state index contributed by atoms with van der Waals surface area (Å²) in [5, 5.41) is 117. The SMILES string of the molecule is CC(=O)N[C@H]1[C@H](O[C@H]2[C@@H](O)[C@@H](CO)O[C@H](O[C@@H]3[C@@H](O)[C@@H](O)[C@@H](O[C@H]4[C@H](O)[C@@H](O)[C@H](O)O[C@@H]4CO)O[C@H]3C)[C@@H]2O)O[C@@H]2CO[C@@](C)(C(=O)O)O[C@H]2[C@@H]1O. The Bertz CT molecular complexity index is 1230. The minimum absolute atomic E-state index is 0.415. The second kappa shape index (κ2) is 16.5. The lowest BCUT2D eigenvalue weighted by atomic mass is 9.94. The number of hydrogen-bond acceptors (Lipinski definition) is 21. The number of nitrogens with one attached hydrogen (secondary N) is 1. The van der Waals surface area contributed by atoms with Gasteiger partial charge in [0, 0.05) is 13.8 Å². The largest absolute Gasteiger partial charge is 0.477 e. The van der Waals surface area contributed by atoms with Crippen LogP contribution >= 0.6 is 0 Å². The first-order chi connectivity index (χ1) is 24.4. The molecule has 52 heavy (non-hydrogen) atoms. The van der Waals surface area contributed by atoms with Crippen molar-refractivity contribution in [2.24, 2.45) is 0 Å². The number of aliphatic hydroxyl groups is 10. The van der Waals surface area contributed by atoms with Crippen molar-refractivity contribution in [2.45, 2.75) is 149 Å². The van der Waals surface area contributed by atoms with Gasteiger partial charge < -0.3 is 104 Å². The molecule has 5 saturated heterocycles. The lowest BCUT2D eigenvalue weighted by molar-refractivity contribution is -0.393. The number of carboxylic acids is 1. The van der Waals surface area contributed by atoms with Gasteiger partial charge in [-0.1, -0.05) is 0 Å². The summed E-state index contributed by atoms with van der Waals surface area (Å²) in [5.74, 6) is -4.33. The number of aliphatic carboxylic acids is 1. The van der Waals surface area contributed by atoms with Crippen molar-refractivity contribution < 1.29 is 108 Å². The van der Waals surface area contributed by atoms with Gasteiger partial charge in [0.15, 0.2) is 25.2 Å². The number of ether oxygens (including phenoxy) is 9. The van der Waals surface area contributed by atoms with Crippen molar-refractivity contribution >= 4 is 11.9 Å². The van der Waals surface area contributed by atoms with Gasteiger partial charge in [0.2, 0.25) is 5.91 Å². The highest BCUT2D eigenvalue weighted by Gasteiger charge is 2.58. The molecule has 0 aromatic heterocycles. The van der Waals surface area contributed by atoms with E-state index < -0.39 is 160 Å². The minimum Gasteiger partial charge on any atom is -0.477 e. The fourth-order valence-electron chi connectivity index (χ4n) is 6.68. The highest BCUT2D eigenvalue weighted by Crippen LogP contribution is 2.37. The minimum atomic E-state index is -2.16. The van der Waals surface area contributed by atoms with Gasteiger partial charge in [0.1, 0.15) is 91.5 Å². The number of carboxylic acid groups (broad SMARTS) is 1. The van der Waals surface area contributed by atoms with Crippen LogP contribution in [0.1, 0.15) is 20.8 Å². The number of amides is 1. The second-order valence-electron chi connectivity index (χ2n) is 13.3. The van der Waals surface area contributed by atoms with Crippen LogP contribution in [0.3, 0.4) is 0 Å². The Morgan fingerprint density at radius 2 is 1.31 bits per heavy atom. The van der Waals surface area contributed by atoms with Gasteiger partial charge in [0.05, 0.1) is 25.9 Å². The van der Waals surface area contributed by atoms with Gasteiger partial charge in [-0.15, -0.1) is 0 Å². The Balaban J connectivity index is 1.30. The van der Waals surface area contributed by atoms with Crippen molar-refractivity contribution in [3.05, 3.63) is 0 Å². The number of carbonyl (C=O) groups excluding carboxylic acids is 1. The molecule has 0 saturated carbocycles. The highest BCUT2D eigenvalue weighted by atomic mass is 16.8. The molecule has 1 amide bonds. The summed E-state index contributed by atoms with van der Waals surface area (Å²) in [6, 6.07) is -1.47. The normalized spacial score (nSPS) is 51.3. The van der Waals surface area contributed by atoms with E-state index in [1.165, 1.54) is 6.92 Å². The average molecular weight is 762 g/mol. The van der Waals surface area contributed by atoms with Crippen LogP contribution in [0.25, 0.3) is 0 Å². The monoisotopic (exact) mass is 761 g/mol. The van der Waals surface area contributed by atoms with E-state index in [1.807, 2.05) is 0 Å². The van der Waals surface area contributed by atoms with Gasteiger partial charge in [-0.05, 0) is 6.92 Å². The Labute approximate surface area is 295 Å². The molecular formula is C29H47NO22. The molecule has 23 nitrogen and oxygen atoms in total. The number of fused-ring (bicyclic) bond motifs is 1. The quantitative estimate of drug-likeness (QED) is 0.0983. The van der Waals surface area contributed by atoms with E-state index in [-0.39, 0.29) is 0 Å². The van der Waals surface area contributed by atoms with Gasteiger partial charge >= 0.3 is 5.97 Å². The fourth-order valence-corrected chi connectivity index (χ4v) is 6.68. The van der Waals surface area contributed by atoms with Gasteiger partial charge in [-0.2, -0.15) is 0 Å². The Morgan fingerprint density at radius 3 is 1.92 bits per heavy atom.